The molecule has 0 N–H and O–H groups in total. The Labute approximate surface area is 131 Å². The average Bonchev–Trinajstić information content (AvgIpc) is 2.47. The zero-order valence-corrected chi connectivity index (χ0v) is 14.1. The molecule has 2 heterocycles. The standard InChI is InChI=1S/C19H30N2/c1-16(2)20-13-5-7-18-9-11-19(12-10-18)8-6-14-21(15-20)17(3)4/h9-12,16-17H,5-8,13-14H2,1-4H3. The molecule has 0 fully saturated rings. The van der Waals surface area contributed by atoms with E-state index in [0.29, 0.717) is 12.1 Å². The minimum atomic E-state index is 0.512. The lowest BCUT2D eigenvalue weighted by Crippen LogP contribution is -2.41. The maximum Gasteiger partial charge on any atom is 0.146 e. The van der Waals surface area contributed by atoms with Crippen molar-refractivity contribution in [2.24, 2.45) is 0 Å². The van der Waals surface area contributed by atoms with E-state index in [1.54, 1.807) is 0 Å². The molecule has 2 heteroatoms. The van der Waals surface area contributed by atoms with Crippen molar-refractivity contribution in [3.8, 4) is 0 Å². The van der Waals surface area contributed by atoms with E-state index in [1.165, 1.54) is 24.0 Å². The quantitative estimate of drug-likeness (QED) is 0.811. The number of aryl methyl sites for hydroxylation is 2. The average molecular weight is 286 g/mol. The molecule has 1 aromatic rings. The fraction of sp³-hybridized carbons (Fsp3) is 0.632. The predicted octanol–water partition coefficient (Wildman–Crippen LogP) is 3.98. The zero-order chi connectivity index (χ0) is 15.2. The van der Waals surface area contributed by atoms with Crippen LogP contribution in [0.15, 0.2) is 24.3 Å². The smallest absolute Gasteiger partial charge is 0.146 e. The molecule has 0 saturated carbocycles. The summed E-state index contributed by atoms with van der Waals surface area (Å²) in [7, 11) is 0. The van der Waals surface area contributed by atoms with Gasteiger partial charge in [-0.1, -0.05) is 24.3 Å². The molecule has 0 saturated heterocycles. The first-order valence-corrected chi connectivity index (χ1v) is 8.43. The summed E-state index contributed by atoms with van der Waals surface area (Å²) in [5.74, 6) is 0. The van der Waals surface area contributed by atoms with Gasteiger partial charge >= 0.3 is 0 Å². The third-order valence-corrected chi connectivity index (χ3v) is 4.26. The molecule has 2 aliphatic heterocycles. The van der Waals surface area contributed by atoms with Gasteiger partial charge in [-0.2, -0.15) is 0 Å². The molecule has 0 spiro atoms. The molecule has 1 aromatic carbocycles. The van der Waals surface area contributed by atoms with E-state index in [1.807, 2.05) is 0 Å². The highest BCUT2D eigenvalue weighted by atomic mass is 15.3. The molecule has 2 radical (unpaired) electrons. The summed E-state index contributed by atoms with van der Waals surface area (Å²) in [5.41, 5.74) is 2.92. The molecule has 2 bridgehead atoms. The first-order chi connectivity index (χ1) is 10.1. The largest absolute Gasteiger partial charge is 0.277 e. The Kier molecular flexibility index (Phi) is 6.25. The number of fused-ring (bicyclic) bond motifs is 10. The van der Waals surface area contributed by atoms with Crippen molar-refractivity contribution in [1.29, 1.82) is 0 Å². The molecule has 3 rings (SSSR count). The van der Waals surface area contributed by atoms with Gasteiger partial charge in [0.25, 0.3) is 0 Å². The highest BCUT2D eigenvalue weighted by Crippen LogP contribution is 2.15. The molecule has 21 heavy (non-hydrogen) atoms. The number of rotatable bonds is 2. The van der Waals surface area contributed by atoms with Crippen molar-refractivity contribution < 1.29 is 0 Å². The molecule has 2 nitrogen and oxygen atoms in total. The maximum atomic E-state index is 3.65. The van der Waals surface area contributed by atoms with E-state index in [0.717, 1.165) is 25.9 Å². The van der Waals surface area contributed by atoms with Gasteiger partial charge in [0.15, 0.2) is 0 Å². The molecular formula is C19H30N2. The second kappa shape index (κ2) is 7.95. The van der Waals surface area contributed by atoms with Crippen LogP contribution < -0.4 is 0 Å². The van der Waals surface area contributed by atoms with Crippen LogP contribution in [-0.2, 0) is 12.8 Å². The van der Waals surface area contributed by atoms with Crippen molar-refractivity contribution in [2.75, 3.05) is 13.1 Å². The van der Waals surface area contributed by atoms with Crippen molar-refractivity contribution in [2.45, 2.75) is 65.5 Å². The van der Waals surface area contributed by atoms with Crippen molar-refractivity contribution >= 4 is 0 Å². The molecule has 0 aliphatic carbocycles. The van der Waals surface area contributed by atoms with E-state index < -0.39 is 0 Å². The van der Waals surface area contributed by atoms with Gasteiger partial charge in [0, 0.05) is 25.2 Å². The van der Waals surface area contributed by atoms with E-state index in [-0.39, 0.29) is 0 Å². The number of hydrogen-bond donors (Lipinski definition) is 0. The van der Waals surface area contributed by atoms with Crippen LogP contribution in [0.1, 0.15) is 51.7 Å². The van der Waals surface area contributed by atoms with Gasteiger partial charge in [-0.15, -0.1) is 0 Å². The SMILES string of the molecule is CC(C)N1[C]N(C(C)C)CCCc2ccc(cc2)CCC1. The minimum absolute atomic E-state index is 0.512. The Bertz CT molecular complexity index is 369. The summed E-state index contributed by atoms with van der Waals surface area (Å²) in [4.78, 5) is 4.76. The normalized spacial score (nSPS) is 19.5. The summed E-state index contributed by atoms with van der Waals surface area (Å²) in [6, 6.07) is 10.2. The Morgan fingerprint density at radius 3 is 1.48 bits per heavy atom. The van der Waals surface area contributed by atoms with Gasteiger partial charge in [0.05, 0.1) is 0 Å². The lowest BCUT2D eigenvalue weighted by atomic mass is 10.0. The van der Waals surface area contributed by atoms with Crippen LogP contribution in [0.4, 0.5) is 0 Å². The summed E-state index contributed by atoms with van der Waals surface area (Å²) in [6.45, 7) is 14.9. The third kappa shape index (κ3) is 5.12. The number of hydrogen-bond acceptors (Lipinski definition) is 2. The Morgan fingerprint density at radius 2 is 1.14 bits per heavy atom. The van der Waals surface area contributed by atoms with Crippen LogP contribution in [0.5, 0.6) is 0 Å². The Hall–Kier alpha value is -0.860. The van der Waals surface area contributed by atoms with Crippen LogP contribution in [0.25, 0.3) is 0 Å². The third-order valence-electron chi connectivity index (χ3n) is 4.26. The Balaban J connectivity index is 2.10. The molecule has 0 unspecified atom stereocenters. The molecule has 2 aliphatic rings. The minimum Gasteiger partial charge on any atom is -0.277 e. The molecule has 116 valence electrons. The van der Waals surface area contributed by atoms with Gasteiger partial charge in [0.2, 0.25) is 0 Å². The fourth-order valence-corrected chi connectivity index (χ4v) is 2.79. The van der Waals surface area contributed by atoms with Crippen LogP contribution in [0.2, 0.25) is 0 Å². The van der Waals surface area contributed by atoms with Crippen LogP contribution >= 0.6 is 0 Å². The van der Waals surface area contributed by atoms with Gasteiger partial charge in [0.1, 0.15) is 6.67 Å². The van der Waals surface area contributed by atoms with Crippen molar-refractivity contribution in [3.05, 3.63) is 42.1 Å². The van der Waals surface area contributed by atoms with Crippen LogP contribution in [0.3, 0.4) is 0 Å². The second-order valence-corrected chi connectivity index (χ2v) is 6.70. The lowest BCUT2D eigenvalue weighted by Gasteiger charge is -2.33. The second-order valence-electron chi connectivity index (χ2n) is 6.70. The van der Waals surface area contributed by atoms with Gasteiger partial charge in [-0.25, -0.2) is 0 Å². The highest BCUT2D eigenvalue weighted by Gasteiger charge is 2.18. The van der Waals surface area contributed by atoms with E-state index >= 15 is 0 Å². The van der Waals surface area contributed by atoms with E-state index in [9.17, 15) is 0 Å². The topological polar surface area (TPSA) is 6.48 Å². The summed E-state index contributed by atoms with van der Waals surface area (Å²) >= 11 is 0. The lowest BCUT2D eigenvalue weighted by molar-refractivity contribution is 0.141. The number of benzene rings is 1. The monoisotopic (exact) mass is 286 g/mol. The summed E-state index contributed by atoms with van der Waals surface area (Å²) in [6.07, 6.45) is 4.70. The summed E-state index contributed by atoms with van der Waals surface area (Å²) < 4.78 is 0. The molecular weight excluding hydrogens is 256 g/mol. The zero-order valence-electron chi connectivity index (χ0n) is 14.1. The fourth-order valence-electron chi connectivity index (χ4n) is 2.79. The molecule has 0 atom stereocenters. The number of nitrogens with zero attached hydrogens (tertiary/aromatic N) is 2. The Morgan fingerprint density at radius 1 is 0.762 bits per heavy atom. The molecule has 0 amide bonds. The van der Waals surface area contributed by atoms with Gasteiger partial charge < -0.3 is 0 Å². The van der Waals surface area contributed by atoms with Crippen molar-refractivity contribution in [1.82, 2.24) is 9.80 Å². The molecule has 0 aromatic heterocycles. The van der Waals surface area contributed by atoms with Crippen LogP contribution in [-0.4, -0.2) is 35.0 Å². The predicted molar refractivity (Wildman–Crippen MR) is 90.0 cm³/mol. The van der Waals surface area contributed by atoms with Crippen LogP contribution in [0, 0.1) is 6.67 Å². The van der Waals surface area contributed by atoms with Gasteiger partial charge in [-0.05, 0) is 64.5 Å². The maximum absolute atomic E-state index is 3.65. The van der Waals surface area contributed by atoms with Crippen molar-refractivity contribution in [3.63, 3.8) is 0 Å². The summed E-state index contributed by atoms with van der Waals surface area (Å²) in [5, 5.41) is 0. The van der Waals surface area contributed by atoms with E-state index in [2.05, 4.69) is 68.4 Å². The highest BCUT2D eigenvalue weighted by molar-refractivity contribution is 5.22. The van der Waals surface area contributed by atoms with Gasteiger partial charge in [-0.3, -0.25) is 9.80 Å². The first-order valence-electron chi connectivity index (χ1n) is 8.43. The van der Waals surface area contributed by atoms with E-state index in [4.69, 9.17) is 0 Å². The first kappa shape index (κ1) is 16.5.